The van der Waals surface area contributed by atoms with Crippen LogP contribution in [-0.4, -0.2) is 6.04 Å². The van der Waals surface area contributed by atoms with Crippen molar-refractivity contribution in [2.24, 2.45) is 5.84 Å². The smallest absolute Gasteiger partial charge is 0.0319 e. The van der Waals surface area contributed by atoms with Gasteiger partial charge in [0.25, 0.3) is 0 Å². The lowest BCUT2D eigenvalue weighted by Gasteiger charge is -2.26. The normalized spacial score (nSPS) is 13.9. The van der Waals surface area contributed by atoms with Gasteiger partial charge in [-0.25, -0.2) is 0 Å². The Kier molecular flexibility index (Phi) is 6.01. The van der Waals surface area contributed by atoms with Crippen molar-refractivity contribution in [2.75, 3.05) is 0 Å². The molecule has 0 bridgehead atoms. The van der Waals surface area contributed by atoms with E-state index in [9.17, 15) is 0 Å². The van der Waals surface area contributed by atoms with E-state index in [1.807, 2.05) is 0 Å². The molecule has 2 rings (SSSR count). The largest absolute Gasteiger partial charge is 0.271 e. The second-order valence-corrected chi connectivity index (χ2v) is 6.27. The molecule has 106 valence electrons. The maximum Gasteiger partial charge on any atom is 0.0319 e. The van der Waals surface area contributed by atoms with Crippen molar-refractivity contribution < 1.29 is 0 Å². The topological polar surface area (TPSA) is 38.0 Å². The number of halogens is 1. The molecule has 0 spiro atoms. The summed E-state index contributed by atoms with van der Waals surface area (Å²) in [5, 5.41) is 0. The number of hydrogen-bond acceptors (Lipinski definition) is 2. The first kappa shape index (κ1) is 15.5. The standard InChI is InChI=1S/C17H21IN2/c1-2-16(14-6-4-3-5-7-14)17(20-19)12-13-8-10-15(18)11-9-13/h3-11,16-17,20H,2,12,19H2,1H3. The zero-order valence-corrected chi connectivity index (χ0v) is 13.9. The van der Waals surface area contributed by atoms with Crippen LogP contribution in [0.3, 0.4) is 0 Å². The number of nitrogens with two attached hydrogens (primary N) is 1. The van der Waals surface area contributed by atoms with Crippen LogP contribution >= 0.6 is 22.6 Å². The Morgan fingerprint density at radius 1 is 1.05 bits per heavy atom. The number of nitrogens with one attached hydrogen (secondary N) is 1. The van der Waals surface area contributed by atoms with Crippen LogP contribution in [0, 0.1) is 3.57 Å². The van der Waals surface area contributed by atoms with Gasteiger partial charge in [0.1, 0.15) is 0 Å². The van der Waals surface area contributed by atoms with Gasteiger partial charge in [0.15, 0.2) is 0 Å². The van der Waals surface area contributed by atoms with E-state index in [0.717, 1.165) is 12.8 Å². The molecule has 0 saturated heterocycles. The van der Waals surface area contributed by atoms with Crippen LogP contribution in [0.4, 0.5) is 0 Å². The summed E-state index contributed by atoms with van der Waals surface area (Å²) >= 11 is 2.33. The van der Waals surface area contributed by atoms with E-state index < -0.39 is 0 Å². The molecule has 2 aromatic carbocycles. The van der Waals surface area contributed by atoms with Crippen molar-refractivity contribution in [3.8, 4) is 0 Å². The number of hydrogen-bond donors (Lipinski definition) is 2. The maximum atomic E-state index is 5.81. The first-order valence-electron chi connectivity index (χ1n) is 7.00. The van der Waals surface area contributed by atoms with Gasteiger partial charge in [0.2, 0.25) is 0 Å². The number of benzene rings is 2. The minimum Gasteiger partial charge on any atom is -0.271 e. The van der Waals surface area contributed by atoms with E-state index in [4.69, 9.17) is 5.84 Å². The molecular weight excluding hydrogens is 359 g/mol. The van der Waals surface area contributed by atoms with Gasteiger partial charge in [-0.2, -0.15) is 0 Å². The van der Waals surface area contributed by atoms with Crippen LogP contribution in [0.1, 0.15) is 30.4 Å². The Hall–Kier alpha value is -0.910. The summed E-state index contributed by atoms with van der Waals surface area (Å²) in [7, 11) is 0. The minimum absolute atomic E-state index is 0.252. The van der Waals surface area contributed by atoms with E-state index in [-0.39, 0.29) is 6.04 Å². The van der Waals surface area contributed by atoms with Crippen LogP contribution < -0.4 is 11.3 Å². The van der Waals surface area contributed by atoms with Crippen LogP contribution in [0.5, 0.6) is 0 Å². The molecule has 0 aliphatic rings. The van der Waals surface area contributed by atoms with Gasteiger partial charge in [0, 0.05) is 15.5 Å². The average molecular weight is 380 g/mol. The second-order valence-electron chi connectivity index (χ2n) is 5.03. The van der Waals surface area contributed by atoms with Crippen molar-refractivity contribution in [2.45, 2.75) is 31.7 Å². The fourth-order valence-electron chi connectivity index (χ4n) is 2.64. The lowest BCUT2D eigenvalue weighted by atomic mass is 9.86. The fraction of sp³-hybridized carbons (Fsp3) is 0.294. The summed E-state index contributed by atoms with van der Waals surface area (Å²) in [6.45, 7) is 2.22. The Morgan fingerprint density at radius 3 is 2.25 bits per heavy atom. The van der Waals surface area contributed by atoms with Crippen molar-refractivity contribution in [3.05, 3.63) is 69.3 Å². The quantitative estimate of drug-likeness (QED) is 0.454. The van der Waals surface area contributed by atoms with Crippen molar-refractivity contribution in [1.82, 2.24) is 5.43 Å². The molecule has 2 unspecified atom stereocenters. The average Bonchev–Trinajstić information content (AvgIpc) is 2.50. The molecule has 0 heterocycles. The molecule has 0 amide bonds. The first-order chi connectivity index (χ1) is 9.74. The summed E-state index contributed by atoms with van der Waals surface area (Å²) in [5.74, 6) is 6.24. The first-order valence-corrected chi connectivity index (χ1v) is 8.08. The van der Waals surface area contributed by atoms with Gasteiger partial charge in [-0.1, -0.05) is 49.4 Å². The van der Waals surface area contributed by atoms with Gasteiger partial charge in [0.05, 0.1) is 0 Å². The predicted octanol–water partition coefficient (Wildman–Crippen LogP) is 3.86. The SMILES string of the molecule is CCC(c1ccccc1)C(Cc1ccc(I)cc1)NN. The zero-order valence-electron chi connectivity index (χ0n) is 11.7. The van der Waals surface area contributed by atoms with Crippen molar-refractivity contribution in [3.63, 3.8) is 0 Å². The zero-order chi connectivity index (χ0) is 14.4. The summed E-state index contributed by atoms with van der Waals surface area (Å²) < 4.78 is 1.26. The number of hydrazine groups is 1. The third-order valence-electron chi connectivity index (χ3n) is 3.74. The highest BCUT2D eigenvalue weighted by molar-refractivity contribution is 14.1. The van der Waals surface area contributed by atoms with Crippen LogP contribution in [0.2, 0.25) is 0 Å². The maximum absolute atomic E-state index is 5.81. The molecule has 0 aliphatic carbocycles. The van der Waals surface area contributed by atoms with Crippen LogP contribution in [-0.2, 0) is 6.42 Å². The molecule has 3 N–H and O–H groups in total. The molecule has 0 fully saturated rings. The molecule has 0 aromatic heterocycles. The molecule has 2 atom stereocenters. The molecular formula is C17H21IN2. The molecule has 0 aliphatic heterocycles. The lowest BCUT2D eigenvalue weighted by Crippen LogP contribution is -2.41. The van der Waals surface area contributed by atoms with Crippen molar-refractivity contribution in [1.29, 1.82) is 0 Å². The van der Waals surface area contributed by atoms with E-state index >= 15 is 0 Å². The van der Waals surface area contributed by atoms with Gasteiger partial charge < -0.3 is 0 Å². The highest BCUT2D eigenvalue weighted by Gasteiger charge is 2.20. The number of rotatable bonds is 6. The summed E-state index contributed by atoms with van der Waals surface area (Å²) in [5.41, 5.74) is 5.69. The Bertz CT molecular complexity index is 510. The lowest BCUT2D eigenvalue weighted by molar-refractivity contribution is 0.427. The third-order valence-corrected chi connectivity index (χ3v) is 4.46. The van der Waals surface area contributed by atoms with Crippen LogP contribution in [0.15, 0.2) is 54.6 Å². The van der Waals surface area contributed by atoms with E-state index in [0.29, 0.717) is 5.92 Å². The van der Waals surface area contributed by atoms with Gasteiger partial charge in [-0.05, 0) is 58.7 Å². The minimum atomic E-state index is 0.252. The molecule has 2 aromatic rings. The monoisotopic (exact) mass is 380 g/mol. The Labute approximate surface area is 134 Å². The highest BCUT2D eigenvalue weighted by Crippen LogP contribution is 2.25. The van der Waals surface area contributed by atoms with Crippen molar-refractivity contribution >= 4 is 22.6 Å². The van der Waals surface area contributed by atoms with E-state index in [2.05, 4.69) is 89.5 Å². The van der Waals surface area contributed by atoms with Gasteiger partial charge in [-0.3, -0.25) is 11.3 Å². The van der Waals surface area contributed by atoms with Crippen LogP contribution in [0.25, 0.3) is 0 Å². The van der Waals surface area contributed by atoms with E-state index in [1.54, 1.807) is 0 Å². The Morgan fingerprint density at radius 2 is 1.70 bits per heavy atom. The fourth-order valence-corrected chi connectivity index (χ4v) is 3.00. The predicted molar refractivity (Wildman–Crippen MR) is 93.4 cm³/mol. The molecule has 0 saturated carbocycles. The summed E-state index contributed by atoms with van der Waals surface area (Å²) in [4.78, 5) is 0. The van der Waals surface area contributed by atoms with Gasteiger partial charge >= 0.3 is 0 Å². The molecule has 20 heavy (non-hydrogen) atoms. The second kappa shape index (κ2) is 7.76. The molecule has 3 heteroatoms. The summed E-state index contributed by atoms with van der Waals surface area (Å²) in [6, 6.07) is 19.5. The molecule has 0 radical (unpaired) electrons. The molecule has 2 nitrogen and oxygen atoms in total. The van der Waals surface area contributed by atoms with Gasteiger partial charge in [-0.15, -0.1) is 0 Å². The van der Waals surface area contributed by atoms with E-state index in [1.165, 1.54) is 14.7 Å². The Balaban J connectivity index is 2.15. The third kappa shape index (κ3) is 4.04. The summed E-state index contributed by atoms with van der Waals surface area (Å²) in [6.07, 6.45) is 2.02. The highest BCUT2D eigenvalue weighted by atomic mass is 127.